The van der Waals surface area contributed by atoms with Gasteiger partial charge in [0.2, 0.25) is 0 Å². The highest BCUT2D eigenvalue weighted by Gasteiger charge is 2.28. The molecule has 1 heterocycles. The summed E-state index contributed by atoms with van der Waals surface area (Å²) >= 11 is 3.06. The van der Waals surface area contributed by atoms with E-state index in [1.54, 1.807) is 0 Å². The summed E-state index contributed by atoms with van der Waals surface area (Å²) in [4.78, 5) is 1.93. The number of piperazine rings is 1. The van der Waals surface area contributed by atoms with Crippen LogP contribution in [0.5, 0.6) is 0 Å². The fourth-order valence-corrected chi connectivity index (χ4v) is 2.80. The second-order valence-electron chi connectivity index (χ2n) is 4.54. The summed E-state index contributed by atoms with van der Waals surface area (Å²) in [5, 5.41) is 3.17. The SMILES string of the molecule is Cl.FCC[C@H](c1c(F)ccc(Br)c1F)N1CCNCC1. The summed E-state index contributed by atoms with van der Waals surface area (Å²) in [6, 6.07) is 2.00. The van der Waals surface area contributed by atoms with Gasteiger partial charge in [-0.1, -0.05) is 0 Å². The summed E-state index contributed by atoms with van der Waals surface area (Å²) in [6.45, 7) is 2.23. The Morgan fingerprint density at radius 1 is 1.25 bits per heavy atom. The summed E-state index contributed by atoms with van der Waals surface area (Å²) in [7, 11) is 0. The van der Waals surface area contributed by atoms with Crippen LogP contribution < -0.4 is 5.32 Å². The second kappa shape index (κ2) is 8.22. The molecular formula is C13H17BrClF3N2. The quantitative estimate of drug-likeness (QED) is 0.813. The third-order valence-corrected chi connectivity index (χ3v) is 4.00. The Morgan fingerprint density at radius 3 is 2.50 bits per heavy atom. The molecule has 20 heavy (non-hydrogen) atoms. The van der Waals surface area contributed by atoms with E-state index in [2.05, 4.69) is 21.2 Å². The van der Waals surface area contributed by atoms with E-state index in [1.165, 1.54) is 12.1 Å². The van der Waals surface area contributed by atoms with Crippen molar-refractivity contribution in [2.75, 3.05) is 32.9 Å². The molecule has 0 saturated carbocycles. The molecule has 2 rings (SSSR count). The van der Waals surface area contributed by atoms with Crippen LogP contribution in [-0.2, 0) is 0 Å². The van der Waals surface area contributed by atoms with Gasteiger partial charge in [-0.2, -0.15) is 0 Å². The molecule has 0 bridgehead atoms. The number of halogens is 5. The lowest BCUT2D eigenvalue weighted by Crippen LogP contribution is -2.45. The van der Waals surface area contributed by atoms with Crippen molar-refractivity contribution in [2.24, 2.45) is 0 Å². The van der Waals surface area contributed by atoms with Crippen molar-refractivity contribution in [3.8, 4) is 0 Å². The van der Waals surface area contributed by atoms with Gasteiger partial charge in [0.25, 0.3) is 0 Å². The van der Waals surface area contributed by atoms with Crippen molar-refractivity contribution in [3.05, 3.63) is 33.8 Å². The smallest absolute Gasteiger partial charge is 0.145 e. The van der Waals surface area contributed by atoms with Gasteiger partial charge in [0.15, 0.2) is 0 Å². The number of hydrogen-bond donors (Lipinski definition) is 1. The zero-order valence-electron chi connectivity index (χ0n) is 10.8. The first kappa shape index (κ1) is 17.8. The predicted octanol–water partition coefficient (Wildman–Crippen LogP) is 3.46. The van der Waals surface area contributed by atoms with Crippen molar-refractivity contribution in [1.82, 2.24) is 10.2 Å². The van der Waals surface area contributed by atoms with E-state index in [-0.39, 0.29) is 28.9 Å². The molecule has 0 aromatic heterocycles. The molecule has 1 fully saturated rings. The molecule has 1 aliphatic heterocycles. The molecular weight excluding hydrogens is 357 g/mol. The molecule has 0 spiro atoms. The number of alkyl halides is 1. The highest BCUT2D eigenvalue weighted by atomic mass is 79.9. The molecule has 7 heteroatoms. The molecule has 0 radical (unpaired) electrons. The first-order valence-electron chi connectivity index (χ1n) is 6.29. The fraction of sp³-hybridized carbons (Fsp3) is 0.538. The largest absolute Gasteiger partial charge is 0.314 e. The molecule has 1 aliphatic rings. The van der Waals surface area contributed by atoms with Crippen molar-refractivity contribution in [2.45, 2.75) is 12.5 Å². The summed E-state index contributed by atoms with van der Waals surface area (Å²) in [5.41, 5.74) is -0.0334. The Balaban J connectivity index is 0.00000200. The van der Waals surface area contributed by atoms with Crippen LogP contribution in [0.25, 0.3) is 0 Å². The van der Waals surface area contributed by atoms with Gasteiger partial charge in [0.05, 0.1) is 11.1 Å². The average Bonchev–Trinajstić information content (AvgIpc) is 2.43. The van der Waals surface area contributed by atoms with Gasteiger partial charge in [-0.15, -0.1) is 12.4 Å². The number of hydrogen-bond acceptors (Lipinski definition) is 2. The summed E-state index contributed by atoms with van der Waals surface area (Å²) < 4.78 is 41.0. The zero-order valence-corrected chi connectivity index (χ0v) is 13.2. The lowest BCUT2D eigenvalue weighted by molar-refractivity contribution is 0.151. The van der Waals surface area contributed by atoms with Gasteiger partial charge >= 0.3 is 0 Å². The molecule has 1 aromatic rings. The highest BCUT2D eigenvalue weighted by molar-refractivity contribution is 9.10. The third-order valence-electron chi connectivity index (χ3n) is 3.39. The lowest BCUT2D eigenvalue weighted by Gasteiger charge is -2.35. The normalized spacial score (nSPS) is 17.6. The van der Waals surface area contributed by atoms with E-state index in [4.69, 9.17) is 0 Å². The van der Waals surface area contributed by atoms with Crippen LogP contribution in [-0.4, -0.2) is 37.8 Å². The van der Waals surface area contributed by atoms with Crippen molar-refractivity contribution >= 4 is 28.3 Å². The van der Waals surface area contributed by atoms with Gasteiger partial charge < -0.3 is 5.32 Å². The van der Waals surface area contributed by atoms with Crippen LogP contribution >= 0.6 is 28.3 Å². The van der Waals surface area contributed by atoms with Crippen molar-refractivity contribution in [3.63, 3.8) is 0 Å². The minimum atomic E-state index is -0.628. The van der Waals surface area contributed by atoms with E-state index in [0.29, 0.717) is 13.1 Å². The minimum Gasteiger partial charge on any atom is -0.314 e. The molecule has 1 aromatic carbocycles. The Bertz CT molecular complexity index is 442. The van der Waals surface area contributed by atoms with Gasteiger partial charge in [-0.3, -0.25) is 9.29 Å². The lowest BCUT2D eigenvalue weighted by atomic mass is 10.0. The van der Waals surface area contributed by atoms with E-state index in [9.17, 15) is 13.2 Å². The maximum Gasteiger partial charge on any atom is 0.145 e. The Morgan fingerprint density at radius 2 is 1.90 bits per heavy atom. The van der Waals surface area contributed by atoms with Crippen LogP contribution in [0.1, 0.15) is 18.0 Å². The van der Waals surface area contributed by atoms with Gasteiger partial charge in [-0.05, 0) is 34.5 Å². The molecule has 2 nitrogen and oxygen atoms in total. The van der Waals surface area contributed by atoms with Crippen LogP contribution in [0.3, 0.4) is 0 Å². The molecule has 0 aliphatic carbocycles. The Hall–Kier alpha value is -0.300. The number of nitrogens with zero attached hydrogens (tertiary/aromatic N) is 1. The van der Waals surface area contributed by atoms with Crippen LogP contribution in [0.4, 0.5) is 13.2 Å². The van der Waals surface area contributed by atoms with Crippen molar-refractivity contribution in [1.29, 1.82) is 0 Å². The number of nitrogens with one attached hydrogen (secondary N) is 1. The van der Waals surface area contributed by atoms with E-state index < -0.39 is 24.4 Å². The van der Waals surface area contributed by atoms with Gasteiger partial charge in [0.1, 0.15) is 11.6 Å². The molecule has 0 unspecified atom stereocenters. The van der Waals surface area contributed by atoms with Crippen LogP contribution in [0.2, 0.25) is 0 Å². The Kier molecular flexibility index (Phi) is 7.29. The molecule has 1 saturated heterocycles. The maximum absolute atomic E-state index is 14.1. The van der Waals surface area contributed by atoms with E-state index >= 15 is 0 Å². The third kappa shape index (κ3) is 3.87. The van der Waals surface area contributed by atoms with E-state index in [1.807, 2.05) is 4.90 Å². The fourth-order valence-electron chi connectivity index (χ4n) is 2.45. The van der Waals surface area contributed by atoms with Gasteiger partial charge in [-0.25, -0.2) is 8.78 Å². The number of benzene rings is 1. The average molecular weight is 374 g/mol. The zero-order chi connectivity index (χ0) is 13.8. The van der Waals surface area contributed by atoms with E-state index in [0.717, 1.165) is 13.1 Å². The summed E-state index contributed by atoms with van der Waals surface area (Å²) in [5.74, 6) is -1.24. The Labute approximate surface area is 131 Å². The molecule has 1 N–H and O–H groups in total. The van der Waals surface area contributed by atoms with Crippen LogP contribution in [0.15, 0.2) is 16.6 Å². The standard InChI is InChI=1S/C13H16BrF3N2.ClH/c14-9-1-2-10(16)12(13(9)17)11(3-4-15)19-7-5-18-6-8-19;/h1-2,11,18H,3-8H2;1H/t11-;/m1./s1. The van der Waals surface area contributed by atoms with Crippen LogP contribution in [0, 0.1) is 11.6 Å². The van der Waals surface area contributed by atoms with Gasteiger partial charge in [0, 0.05) is 37.8 Å². The minimum absolute atomic E-state index is 0. The molecule has 114 valence electrons. The predicted molar refractivity (Wildman–Crippen MR) is 79.1 cm³/mol. The maximum atomic E-state index is 14.1. The first-order chi connectivity index (χ1) is 9.15. The summed E-state index contributed by atoms with van der Waals surface area (Å²) in [6.07, 6.45) is 0.101. The second-order valence-corrected chi connectivity index (χ2v) is 5.39. The first-order valence-corrected chi connectivity index (χ1v) is 7.08. The monoisotopic (exact) mass is 372 g/mol. The molecule has 1 atom stereocenters. The highest BCUT2D eigenvalue weighted by Crippen LogP contribution is 2.32. The topological polar surface area (TPSA) is 15.3 Å². The van der Waals surface area contributed by atoms with Crippen molar-refractivity contribution < 1.29 is 13.2 Å². The number of rotatable bonds is 4. The molecule has 0 amide bonds.